The standard InChI is InChI=1S/C22H19F3N6O2/c1-3-30-20(33)16-9-4-5-10-18(16)27-21(30)29-28-19(32)17-12-26-31(13(17)2)15-8-6-7-14(11-15)22(23,24)25/h4-12H,3H2,1-2H3,(H,27,29)(H,28,32). The van der Waals surface area contributed by atoms with Gasteiger partial charge in [-0.1, -0.05) is 18.2 Å². The second-order valence-corrected chi connectivity index (χ2v) is 7.18. The van der Waals surface area contributed by atoms with Crippen LogP contribution in [0.4, 0.5) is 19.1 Å². The van der Waals surface area contributed by atoms with Crippen molar-refractivity contribution < 1.29 is 18.0 Å². The molecule has 0 aliphatic rings. The third-order valence-electron chi connectivity index (χ3n) is 5.14. The molecule has 1 amide bonds. The van der Waals surface area contributed by atoms with Crippen LogP contribution in [-0.2, 0) is 12.7 Å². The largest absolute Gasteiger partial charge is 0.416 e. The number of rotatable bonds is 5. The predicted molar refractivity (Wildman–Crippen MR) is 116 cm³/mol. The summed E-state index contributed by atoms with van der Waals surface area (Å²) < 4.78 is 41.7. The number of fused-ring (bicyclic) bond motifs is 1. The molecule has 0 saturated carbocycles. The maximum atomic E-state index is 13.0. The maximum absolute atomic E-state index is 13.0. The number of nitrogens with zero attached hydrogens (tertiary/aromatic N) is 4. The number of hydrazine groups is 1. The van der Waals surface area contributed by atoms with Crippen molar-refractivity contribution in [1.29, 1.82) is 0 Å². The lowest BCUT2D eigenvalue weighted by Gasteiger charge is -2.14. The van der Waals surface area contributed by atoms with Gasteiger partial charge < -0.3 is 0 Å². The molecule has 2 aromatic heterocycles. The van der Waals surface area contributed by atoms with Crippen molar-refractivity contribution in [2.75, 3.05) is 5.43 Å². The van der Waals surface area contributed by atoms with Gasteiger partial charge in [-0.3, -0.25) is 25.0 Å². The highest BCUT2D eigenvalue weighted by Crippen LogP contribution is 2.30. The highest BCUT2D eigenvalue weighted by atomic mass is 19.4. The molecule has 2 aromatic carbocycles. The number of hydrogen-bond acceptors (Lipinski definition) is 5. The van der Waals surface area contributed by atoms with Gasteiger partial charge in [0.2, 0.25) is 5.95 Å². The summed E-state index contributed by atoms with van der Waals surface area (Å²) in [6, 6.07) is 11.5. The van der Waals surface area contributed by atoms with E-state index in [4.69, 9.17) is 0 Å². The summed E-state index contributed by atoms with van der Waals surface area (Å²) in [5.41, 5.74) is 5.20. The Labute approximate surface area is 185 Å². The molecule has 170 valence electrons. The highest BCUT2D eigenvalue weighted by molar-refractivity contribution is 5.95. The Bertz CT molecular complexity index is 1410. The third-order valence-corrected chi connectivity index (χ3v) is 5.14. The van der Waals surface area contributed by atoms with Gasteiger partial charge in [0.05, 0.1) is 39.6 Å². The van der Waals surface area contributed by atoms with Crippen LogP contribution in [-0.4, -0.2) is 25.2 Å². The molecule has 0 radical (unpaired) electrons. The van der Waals surface area contributed by atoms with Crippen molar-refractivity contribution in [3.8, 4) is 5.69 Å². The monoisotopic (exact) mass is 456 g/mol. The molecule has 0 spiro atoms. The predicted octanol–water partition coefficient (Wildman–Crippen LogP) is 3.69. The zero-order valence-corrected chi connectivity index (χ0v) is 17.6. The lowest BCUT2D eigenvalue weighted by atomic mass is 10.2. The first-order valence-corrected chi connectivity index (χ1v) is 9.99. The maximum Gasteiger partial charge on any atom is 0.416 e. The van der Waals surface area contributed by atoms with Crippen LogP contribution in [0.5, 0.6) is 0 Å². The fourth-order valence-corrected chi connectivity index (χ4v) is 3.44. The van der Waals surface area contributed by atoms with Crippen molar-refractivity contribution in [2.45, 2.75) is 26.6 Å². The molecule has 2 N–H and O–H groups in total. The minimum Gasteiger partial charge on any atom is -0.277 e. The number of carbonyl (C=O) groups is 1. The number of para-hydroxylation sites is 1. The zero-order valence-electron chi connectivity index (χ0n) is 17.6. The quantitative estimate of drug-likeness (QED) is 0.447. The number of aromatic nitrogens is 4. The van der Waals surface area contributed by atoms with E-state index in [0.29, 0.717) is 23.1 Å². The van der Waals surface area contributed by atoms with Crippen LogP contribution in [0.25, 0.3) is 16.6 Å². The van der Waals surface area contributed by atoms with Crippen LogP contribution in [0.15, 0.2) is 59.5 Å². The number of alkyl halides is 3. The van der Waals surface area contributed by atoms with Gasteiger partial charge >= 0.3 is 6.18 Å². The summed E-state index contributed by atoms with van der Waals surface area (Å²) in [6.07, 6.45) is -3.24. The number of halogens is 3. The van der Waals surface area contributed by atoms with E-state index in [2.05, 4.69) is 20.9 Å². The van der Waals surface area contributed by atoms with Crippen LogP contribution in [0.2, 0.25) is 0 Å². The normalized spacial score (nSPS) is 11.5. The highest BCUT2D eigenvalue weighted by Gasteiger charge is 2.30. The third kappa shape index (κ3) is 4.16. The summed E-state index contributed by atoms with van der Waals surface area (Å²) in [7, 11) is 0. The fourth-order valence-electron chi connectivity index (χ4n) is 3.44. The average Bonchev–Trinajstić information content (AvgIpc) is 3.18. The SMILES string of the molecule is CCn1c(NNC(=O)c2cnn(-c3cccc(C(F)(F)F)c3)c2C)nc2ccccc2c1=O. The van der Waals surface area contributed by atoms with Gasteiger partial charge in [0, 0.05) is 6.54 Å². The Kier molecular flexibility index (Phi) is 5.62. The summed E-state index contributed by atoms with van der Waals surface area (Å²) in [5, 5.41) is 4.52. The van der Waals surface area contributed by atoms with E-state index in [1.165, 1.54) is 27.6 Å². The van der Waals surface area contributed by atoms with E-state index in [1.54, 1.807) is 38.1 Å². The Balaban J connectivity index is 1.59. The molecule has 11 heteroatoms. The molecule has 0 aliphatic heterocycles. The van der Waals surface area contributed by atoms with Crippen LogP contribution in [0, 0.1) is 6.92 Å². The Morgan fingerprint density at radius 3 is 2.61 bits per heavy atom. The Morgan fingerprint density at radius 2 is 1.88 bits per heavy atom. The lowest BCUT2D eigenvalue weighted by molar-refractivity contribution is -0.137. The molecule has 8 nitrogen and oxygen atoms in total. The van der Waals surface area contributed by atoms with Gasteiger partial charge in [-0.05, 0) is 44.2 Å². The van der Waals surface area contributed by atoms with Crippen molar-refractivity contribution in [3.05, 3.63) is 81.9 Å². The van der Waals surface area contributed by atoms with Crippen LogP contribution >= 0.6 is 0 Å². The average molecular weight is 456 g/mol. The summed E-state index contributed by atoms with van der Waals surface area (Å²) >= 11 is 0. The lowest BCUT2D eigenvalue weighted by Crippen LogP contribution is -2.34. The number of carbonyl (C=O) groups excluding carboxylic acids is 1. The van der Waals surface area contributed by atoms with E-state index in [1.807, 2.05) is 0 Å². The first kappa shape index (κ1) is 22.1. The molecule has 4 aromatic rings. The minimum atomic E-state index is -4.50. The van der Waals surface area contributed by atoms with Gasteiger partial charge in [-0.25, -0.2) is 9.67 Å². The summed E-state index contributed by atoms with van der Waals surface area (Å²) in [4.78, 5) is 29.8. The molecule has 0 saturated heterocycles. The van der Waals surface area contributed by atoms with Crippen molar-refractivity contribution >= 4 is 22.8 Å². The number of benzene rings is 2. The van der Waals surface area contributed by atoms with Gasteiger partial charge in [0.15, 0.2) is 0 Å². The topological polar surface area (TPSA) is 93.8 Å². The van der Waals surface area contributed by atoms with Gasteiger partial charge in [0.25, 0.3) is 11.5 Å². The van der Waals surface area contributed by atoms with E-state index in [-0.39, 0.29) is 22.8 Å². The van der Waals surface area contributed by atoms with Crippen molar-refractivity contribution in [1.82, 2.24) is 24.8 Å². The van der Waals surface area contributed by atoms with Gasteiger partial charge in [0.1, 0.15) is 0 Å². The molecular formula is C22H19F3N6O2. The molecule has 0 unspecified atom stereocenters. The minimum absolute atomic E-state index is 0.145. The summed E-state index contributed by atoms with van der Waals surface area (Å²) in [6.45, 7) is 3.66. The van der Waals surface area contributed by atoms with E-state index in [9.17, 15) is 22.8 Å². The first-order chi connectivity index (χ1) is 15.7. The Hall–Kier alpha value is -4.15. The summed E-state index contributed by atoms with van der Waals surface area (Å²) in [5.74, 6) is -0.437. The molecular weight excluding hydrogens is 437 g/mol. The molecule has 2 heterocycles. The Morgan fingerprint density at radius 1 is 1.12 bits per heavy atom. The molecule has 33 heavy (non-hydrogen) atoms. The van der Waals surface area contributed by atoms with E-state index < -0.39 is 17.6 Å². The smallest absolute Gasteiger partial charge is 0.277 e. The molecule has 4 rings (SSSR count). The number of anilines is 1. The molecule has 0 atom stereocenters. The number of hydrogen-bond donors (Lipinski definition) is 2. The van der Waals surface area contributed by atoms with Crippen LogP contribution in [0.1, 0.15) is 28.5 Å². The van der Waals surface area contributed by atoms with Crippen molar-refractivity contribution in [3.63, 3.8) is 0 Å². The molecule has 0 bridgehead atoms. The fraction of sp³-hybridized carbons (Fsp3) is 0.182. The van der Waals surface area contributed by atoms with E-state index in [0.717, 1.165) is 12.1 Å². The second-order valence-electron chi connectivity index (χ2n) is 7.18. The van der Waals surface area contributed by atoms with Gasteiger partial charge in [-0.2, -0.15) is 18.3 Å². The van der Waals surface area contributed by atoms with Crippen LogP contribution in [0.3, 0.4) is 0 Å². The number of amides is 1. The van der Waals surface area contributed by atoms with Crippen LogP contribution < -0.4 is 16.4 Å². The zero-order chi connectivity index (χ0) is 23.8. The number of nitrogens with one attached hydrogen (secondary N) is 2. The first-order valence-electron chi connectivity index (χ1n) is 9.99. The van der Waals surface area contributed by atoms with Crippen molar-refractivity contribution in [2.24, 2.45) is 0 Å². The molecule has 0 fully saturated rings. The second kappa shape index (κ2) is 8.41. The molecule has 0 aliphatic carbocycles. The van der Waals surface area contributed by atoms with E-state index >= 15 is 0 Å². The van der Waals surface area contributed by atoms with Gasteiger partial charge in [-0.15, -0.1) is 0 Å².